The molecule has 0 aliphatic heterocycles. The monoisotopic (exact) mass is 288 g/mol. The Kier molecular flexibility index (Phi) is 5.80. The van der Waals surface area contributed by atoms with Crippen LogP contribution >= 0.6 is 7.37 Å². The van der Waals surface area contributed by atoms with Crippen LogP contribution in [-0.4, -0.2) is 15.5 Å². The van der Waals surface area contributed by atoms with E-state index in [1.807, 2.05) is 48.5 Å². The molecule has 0 N–H and O–H groups in total. The summed E-state index contributed by atoms with van der Waals surface area (Å²) in [6, 6.07) is 17.2. The largest absolute Gasteiger partial charge is 0.325 e. The van der Waals surface area contributed by atoms with E-state index < -0.39 is 7.37 Å². The Morgan fingerprint density at radius 3 is 2.10 bits per heavy atom. The third-order valence-electron chi connectivity index (χ3n) is 3.23. The Bertz CT molecular complexity index is 596. The summed E-state index contributed by atoms with van der Waals surface area (Å²) in [5.41, 5.74) is 1.17. The van der Waals surface area contributed by atoms with Crippen LogP contribution in [0, 0.1) is 0 Å². The minimum absolute atomic E-state index is 0. The Morgan fingerprint density at radius 2 is 1.55 bits per heavy atom. The predicted molar refractivity (Wildman–Crippen MR) is 90.8 cm³/mol. The molecule has 0 aromatic heterocycles. The highest BCUT2D eigenvalue weighted by Crippen LogP contribution is 2.43. The van der Waals surface area contributed by atoms with Crippen LogP contribution in [-0.2, 0) is 9.09 Å². The van der Waals surface area contributed by atoms with Gasteiger partial charge in [-0.1, -0.05) is 44.2 Å². The van der Waals surface area contributed by atoms with Gasteiger partial charge in [-0.15, -0.1) is 0 Å². The summed E-state index contributed by atoms with van der Waals surface area (Å²) in [5, 5.41) is 1.49. The molecule has 0 amide bonds. The molecule has 0 radical (unpaired) electrons. The Hall–Kier alpha value is -1.31. The van der Waals surface area contributed by atoms with Gasteiger partial charge in [-0.05, 0) is 35.7 Å². The van der Waals surface area contributed by atoms with E-state index in [9.17, 15) is 4.57 Å². The van der Waals surface area contributed by atoms with Crippen molar-refractivity contribution in [1.29, 1.82) is 0 Å². The van der Waals surface area contributed by atoms with Gasteiger partial charge in [0, 0.05) is 17.7 Å². The smallest absolute Gasteiger partial charge is 0.261 e. The lowest BCUT2D eigenvalue weighted by Crippen LogP contribution is -2.17. The van der Waals surface area contributed by atoms with Gasteiger partial charge in [0.2, 0.25) is 0 Å². The summed E-state index contributed by atoms with van der Waals surface area (Å²) in [6.45, 7) is 4.25. The minimum Gasteiger partial charge on any atom is -0.325 e. The first-order valence-corrected chi connectivity index (χ1v) is 8.02. The molecule has 2 aromatic rings. The second-order valence-corrected chi connectivity index (χ2v) is 7.32. The van der Waals surface area contributed by atoms with Crippen molar-refractivity contribution in [2.45, 2.75) is 19.8 Å². The second kappa shape index (κ2) is 6.92. The van der Waals surface area contributed by atoms with Gasteiger partial charge in [0.15, 0.2) is 0 Å². The maximum absolute atomic E-state index is 13.1. The molecule has 1 atom stereocenters. The predicted octanol–water partition coefficient (Wildman–Crippen LogP) is 2.50. The summed E-state index contributed by atoms with van der Waals surface area (Å²) in [4.78, 5) is 0. The second-order valence-electron chi connectivity index (χ2n) is 4.82. The number of hydrogen-bond acceptors (Lipinski definition) is 2. The van der Waals surface area contributed by atoms with Crippen LogP contribution in [0.25, 0.3) is 0 Å². The Morgan fingerprint density at radius 1 is 0.950 bits per heavy atom. The van der Waals surface area contributed by atoms with Gasteiger partial charge in [0.1, 0.15) is 0 Å². The van der Waals surface area contributed by atoms with E-state index >= 15 is 0 Å². The molecule has 0 fully saturated rings. The molecule has 0 spiro atoms. The zero-order valence-corrected chi connectivity index (χ0v) is 12.4. The highest BCUT2D eigenvalue weighted by Gasteiger charge is 2.27. The molecule has 0 aliphatic carbocycles. The van der Waals surface area contributed by atoms with Crippen LogP contribution in [0.1, 0.15) is 25.3 Å². The van der Waals surface area contributed by atoms with E-state index in [2.05, 4.69) is 19.9 Å². The van der Waals surface area contributed by atoms with E-state index in [1.165, 1.54) is 12.7 Å². The quantitative estimate of drug-likeness (QED) is 0.638. The fourth-order valence-corrected chi connectivity index (χ4v) is 3.94. The molecule has 20 heavy (non-hydrogen) atoms. The van der Waals surface area contributed by atoms with Crippen molar-refractivity contribution in [3.8, 4) is 0 Å². The van der Waals surface area contributed by atoms with Crippen LogP contribution in [0.4, 0.5) is 0 Å². The minimum atomic E-state index is -2.97. The fourth-order valence-electron chi connectivity index (χ4n) is 2.05. The molecule has 0 heterocycles. The Balaban J connectivity index is 0.00000200. The van der Waals surface area contributed by atoms with Gasteiger partial charge in [-0.3, -0.25) is 4.57 Å². The van der Waals surface area contributed by atoms with Crippen molar-refractivity contribution in [2.75, 3.05) is 7.11 Å². The molecule has 0 aliphatic rings. The summed E-state index contributed by atoms with van der Waals surface area (Å²) in [7, 11) is -1.46. The lowest BCUT2D eigenvalue weighted by Gasteiger charge is -2.18. The topological polar surface area (TPSA) is 26.3 Å². The molecule has 2 rings (SSSR count). The van der Waals surface area contributed by atoms with Crippen LogP contribution < -0.4 is 10.6 Å². The number of benzene rings is 2. The summed E-state index contributed by atoms with van der Waals surface area (Å²) >= 11 is 0. The van der Waals surface area contributed by atoms with E-state index in [0.717, 1.165) is 10.6 Å². The number of hydrogen-bond donors (Lipinski definition) is 0. The first-order valence-electron chi connectivity index (χ1n) is 6.40. The van der Waals surface area contributed by atoms with E-state index in [-0.39, 0.29) is 8.41 Å². The third kappa shape index (κ3) is 3.23. The first kappa shape index (κ1) is 16.7. The number of rotatable bonds is 4. The van der Waals surface area contributed by atoms with Gasteiger partial charge < -0.3 is 4.52 Å². The lowest BCUT2D eigenvalue weighted by atomic mass is 10.0. The molecule has 0 saturated carbocycles. The molecule has 4 heteroatoms. The summed E-state index contributed by atoms with van der Waals surface area (Å²) in [5.74, 6) is 0.404. The molecule has 2 nitrogen and oxygen atoms in total. The summed E-state index contributed by atoms with van der Waals surface area (Å²) in [6.07, 6.45) is 0. The molecular formula is C16H22BO2P. The SMILES string of the molecule is B.COP(=O)(c1ccccc1)c1cccc(C(C)C)c1. The highest BCUT2D eigenvalue weighted by molar-refractivity contribution is 7.74. The fraction of sp³-hybridized carbons (Fsp3) is 0.250. The average Bonchev–Trinajstić information content (AvgIpc) is 2.47. The lowest BCUT2D eigenvalue weighted by molar-refractivity contribution is 0.412. The van der Waals surface area contributed by atoms with Crippen molar-refractivity contribution in [3.05, 3.63) is 60.2 Å². The van der Waals surface area contributed by atoms with Gasteiger partial charge in [0.05, 0.1) is 8.41 Å². The van der Waals surface area contributed by atoms with Crippen LogP contribution in [0.15, 0.2) is 54.6 Å². The molecule has 106 valence electrons. The molecule has 2 aromatic carbocycles. The maximum Gasteiger partial charge on any atom is 0.261 e. The van der Waals surface area contributed by atoms with Crippen molar-refractivity contribution in [3.63, 3.8) is 0 Å². The Labute approximate surface area is 123 Å². The normalized spacial score (nSPS) is 13.6. The van der Waals surface area contributed by atoms with E-state index in [1.54, 1.807) is 0 Å². The van der Waals surface area contributed by atoms with Gasteiger partial charge in [0.25, 0.3) is 7.37 Å². The van der Waals surface area contributed by atoms with Crippen molar-refractivity contribution in [2.24, 2.45) is 0 Å². The zero-order chi connectivity index (χ0) is 13.9. The van der Waals surface area contributed by atoms with Crippen LogP contribution in [0.5, 0.6) is 0 Å². The van der Waals surface area contributed by atoms with E-state index in [4.69, 9.17) is 4.52 Å². The van der Waals surface area contributed by atoms with Crippen LogP contribution in [0.3, 0.4) is 0 Å². The van der Waals surface area contributed by atoms with Crippen LogP contribution in [0.2, 0.25) is 0 Å². The highest BCUT2D eigenvalue weighted by atomic mass is 31.2. The van der Waals surface area contributed by atoms with Crippen molar-refractivity contribution in [1.82, 2.24) is 0 Å². The summed E-state index contributed by atoms with van der Waals surface area (Å²) < 4.78 is 18.5. The molecule has 0 saturated heterocycles. The van der Waals surface area contributed by atoms with Crippen molar-refractivity contribution >= 4 is 26.4 Å². The van der Waals surface area contributed by atoms with E-state index in [0.29, 0.717) is 5.92 Å². The van der Waals surface area contributed by atoms with Gasteiger partial charge in [-0.2, -0.15) is 0 Å². The van der Waals surface area contributed by atoms with Gasteiger partial charge >= 0.3 is 0 Å². The molecule has 1 unspecified atom stereocenters. The first-order chi connectivity index (χ1) is 9.08. The standard InChI is InChI=1S/C16H19O2P.BH3/c1-13(2)14-8-7-11-16(12-14)19(17,18-3)15-9-5-4-6-10-15;/h4-13H,1-3H3;1H3. The van der Waals surface area contributed by atoms with Crippen molar-refractivity contribution < 1.29 is 9.09 Å². The average molecular weight is 288 g/mol. The molecule has 0 bridgehead atoms. The van der Waals surface area contributed by atoms with Gasteiger partial charge in [-0.25, -0.2) is 0 Å². The zero-order valence-electron chi connectivity index (χ0n) is 11.5. The molecular weight excluding hydrogens is 266 g/mol. The third-order valence-corrected chi connectivity index (χ3v) is 5.68. The maximum atomic E-state index is 13.1.